The second-order valence-corrected chi connectivity index (χ2v) is 7.18. The highest BCUT2D eigenvalue weighted by molar-refractivity contribution is 7.15. The van der Waals surface area contributed by atoms with Crippen LogP contribution in [0, 0.1) is 0 Å². The molecule has 1 saturated carbocycles. The summed E-state index contributed by atoms with van der Waals surface area (Å²) in [6.07, 6.45) is 2.34. The van der Waals surface area contributed by atoms with Crippen LogP contribution in [0.1, 0.15) is 52.5 Å². The maximum Gasteiger partial charge on any atom is 0.413 e. The summed E-state index contributed by atoms with van der Waals surface area (Å²) >= 11 is 1.37. The van der Waals surface area contributed by atoms with E-state index < -0.39 is 6.09 Å². The van der Waals surface area contributed by atoms with E-state index in [1.165, 1.54) is 11.3 Å². The zero-order valence-electron chi connectivity index (χ0n) is 13.8. The summed E-state index contributed by atoms with van der Waals surface area (Å²) in [4.78, 5) is 31.2. The van der Waals surface area contributed by atoms with E-state index in [9.17, 15) is 9.59 Å². The van der Waals surface area contributed by atoms with Gasteiger partial charge in [-0.25, -0.2) is 9.78 Å². The van der Waals surface area contributed by atoms with Gasteiger partial charge < -0.3 is 14.2 Å². The summed E-state index contributed by atoms with van der Waals surface area (Å²) in [6.45, 7) is 3.08. The van der Waals surface area contributed by atoms with Gasteiger partial charge in [0.05, 0.1) is 18.8 Å². The first kappa shape index (κ1) is 16.1. The number of aromatic nitrogens is 2. The number of amides is 2. The number of carbonyl (C=O) groups excluding carboxylic acids is 2. The minimum Gasteiger partial charge on any atom is -0.450 e. The Morgan fingerprint density at radius 2 is 2.32 bits per heavy atom. The molecule has 0 radical (unpaired) electrons. The summed E-state index contributed by atoms with van der Waals surface area (Å²) in [5.41, 5.74) is 1.28. The fraction of sp³-hybridized carbons (Fsp3) is 0.500. The number of anilines is 1. The van der Waals surface area contributed by atoms with Crippen LogP contribution in [-0.2, 0) is 17.7 Å². The Bertz CT molecular complexity index is 811. The summed E-state index contributed by atoms with van der Waals surface area (Å²) in [7, 11) is 0. The topological polar surface area (TPSA) is 97.6 Å². The molecule has 132 valence electrons. The van der Waals surface area contributed by atoms with Gasteiger partial charge in [-0.1, -0.05) is 16.5 Å². The zero-order valence-corrected chi connectivity index (χ0v) is 14.6. The van der Waals surface area contributed by atoms with Crippen LogP contribution in [0.15, 0.2) is 10.6 Å². The third-order valence-corrected chi connectivity index (χ3v) is 5.23. The van der Waals surface area contributed by atoms with Crippen molar-refractivity contribution in [1.29, 1.82) is 0 Å². The van der Waals surface area contributed by atoms with Crippen molar-refractivity contribution < 1.29 is 18.8 Å². The smallest absolute Gasteiger partial charge is 0.413 e. The number of carbonyl (C=O) groups is 2. The van der Waals surface area contributed by atoms with Crippen molar-refractivity contribution in [3.8, 4) is 0 Å². The first-order chi connectivity index (χ1) is 12.1. The Morgan fingerprint density at radius 1 is 1.48 bits per heavy atom. The number of nitrogens with one attached hydrogen (secondary N) is 1. The van der Waals surface area contributed by atoms with Gasteiger partial charge in [0.1, 0.15) is 5.76 Å². The SMILES string of the molecule is CCOC(=O)Nc1nc2c(s1)CN(C(=O)c1cc(C3CC3)on1)CC2. The number of hydrogen-bond acceptors (Lipinski definition) is 7. The molecule has 2 amide bonds. The maximum absolute atomic E-state index is 12.6. The molecular formula is C16H18N4O4S. The predicted octanol–water partition coefficient (Wildman–Crippen LogP) is 2.78. The molecule has 2 aliphatic rings. The third-order valence-electron chi connectivity index (χ3n) is 4.23. The van der Waals surface area contributed by atoms with Crippen LogP contribution in [0.4, 0.5) is 9.93 Å². The maximum atomic E-state index is 12.6. The molecule has 1 fully saturated rings. The van der Waals surface area contributed by atoms with Gasteiger partial charge in [0.25, 0.3) is 5.91 Å². The van der Waals surface area contributed by atoms with Crippen molar-refractivity contribution in [3.05, 3.63) is 28.1 Å². The molecule has 1 N–H and O–H groups in total. The first-order valence-corrected chi connectivity index (χ1v) is 9.14. The molecule has 1 aliphatic heterocycles. The first-order valence-electron chi connectivity index (χ1n) is 8.32. The Balaban J connectivity index is 1.43. The lowest BCUT2D eigenvalue weighted by Gasteiger charge is -2.25. The van der Waals surface area contributed by atoms with Crippen LogP contribution in [0.25, 0.3) is 0 Å². The van der Waals surface area contributed by atoms with Crippen LogP contribution in [0.3, 0.4) is 0 Å². The number of rotatable bonds is 4. The van der Waals surface area contributed by atoms with E-state index in [-0.39, 0.29) is 5.91 Å². The lowest BCUT2D eigenvalue weighted by molar-refractivity contribution is 0.0725. The Hall–Kier alpha value is -2.42. The highest BCUT2D eigenvalue weighted by atomic mass is 32.1. The second-order valence-electron chi connectivity index (χ2n) is 6.10. The van der Waals surface area contributed by atoms with Gasteiger partial charge in [0, 0.05) is 29.8 Å². The highest BCUT2D eigenvalue weighted by Gasteiger charge is 2.31. The van der Waals surface area contributed by atoms with E-state index in [1.807, 2.05) is 0 Å². The summed E-state index contributed by atoms with van der Waals surface area (Å²) in [5, 5.41) is 7.03. The molecule has 1 aliphatic carbocycles. The molecular weight excluding hydrogens is 344 g/mol. The third kappa shape index (κ3) is 3.37. The van der Waals surface area contributed by atoms with Gasteiger partial charge in [-0.05, 0) is 19.8 Å². The fourth-order valence-electron chi connectivity index (χ4n) is 2.79. The van der Waals surface area contributed by atoms with Crippen LogP contribution >= 0.6 is 11.3 Å². The Labute approximate surface area is 148 Å². The van der Waals surface area contributed by atoms with Gasteiger partial charge in [0.2, 0.25) is 0 Å². The summed E-state index contributed by atoms with van der Waals surface area (Å²) < 4.78 is 10.1. The molecule has 8 nitrogen and oxygen atoms in total. The van der Waals surface area contributed by atoms with Gasteiger partial charge in [-0.3, -0.25) is 10.1 Å². The van der Waals surface area contributed by atoms with Crippen molar-refractivity contribution in [1.82, 2.24) is 15.0 Å². The van der Waals surface area contributed by atoms with Crippen LogP contribution in [-0.4, -0.2) is 40.2 Å². The number of fused-ring (bicyclic) bond motifs is 1. The average Bonchev–Trinajstić information content (AvgIpc) is 3.18. The fourth-order valence-corrected chi connectivity index (χ4v) is 3.80. The number of ether oxygens (including phenoxy) is 1. The van der Waals surface area contributed by atoms with E-state index in [0.29, 0.717) is 42.9 Å². The minimum absolute atomic E-state index is 0.130. The van der Waals surface area contributed by atoms with Crippen molar-refractivity contribution in [2.75, 3.05) is 18.5 Å². The molecule has 0 bridgehead atoms. The van der Waals surface area contributed by atoms with Gasteiger partial charge in [-0.2, -0.15) is 0 Å². The summed E-state index contributed by atoms with van der Waals surface area (Å²) in [6, 6.07) is 1.76. The molecule has 0 saturated heterocycles. The lowest BCUT2D eigenvalue weighted by Crippen LogP contribution is -2.35. The molecule has 0 unspecified atom stereocenters. The minimum atomic E-state index is -0.517. The molecule has 0 aromatic carbocycles. The number of hydrogen-bond donors (Lipinski definition) is 1. The van der Waals surface area contributed by atoms with Crippen LogP contribution < -0.4 is 5.32 Å². The normalized spacial score (nSPS) is 16.4. The van der Waals surface area contributed by atoms with E-state index in [4.69, 9.17) is 9.26 Å². The number of nitrogens with zero attached hydrogens (tertiary/aromatic N) is 3. The van der Waals surface area contributed by atoms with Crippen molar-refractivity contribution in [2.45, 2.75) is 38.6 Å². The molecule has 2 aromatic heterocycles. The molecule has 0 atom stereocenters. The number of thiazole rings is 1. The lowest BCUT2D eigenvalue weighted by atomic mass is 10.1. The Kier molecular flexibility index (Phi) is 4.16. The quantitative estimate of drug-likeness (QED) is 0.898. The van der Waals surface area contributed by atoms with Gasteiger partial charge >= 0.3 is 6.09 Å². The second kappa shape index (κ2) is 6.47. The molecule has 2 aromatic rings. The molecule has 0 spiro atoms. The molecule has 9 heteroatoms. The molecule has 3 heterocycles. The van der Waals surface area contributed by atoms with Crippen molar-refractivity contribution in [2.24, 2.45) is 0 Å². The monoisotopic (exact) mass is 362 g/mol. The largest absolute Gasteiger partial charge is 0.450 e. The van der Waals surface area contributed by atoms with Crippen molar-refractivity contribution in [3.63, 3.8) is 0 Å². The van der Waals surface area contributed by atoms with E-state index in [1.54, 1.807) is 17.9 Å². The van der Waals surface area contributed by atoms with E-state index in [0.717, 1.165) is 29.2 Å². The van der Waals surface area contributed by atoms with Crippen LogP contribution in [0.2, 0.25) is 0 Å². The predicted molar refractivity (Wildman–Crippen MR) is 89.7 cm³/mol. The van der Waals surface area contributed by atoms with Gasteiger partial charge in [-0.15, -0.1) is 0 Å². The van der Waals surface area contributed by atoms with Crippen molar-refractivity contribution >= 4 is 28.5 Å². The van der Waals surface area contributed by atoms with Gasteiger partial charge in [0.15, 0.2) is 10.8 Å². The van der Waals surface area contributed by atoms with Crippen LogP contribution in [0.5, 0.6) is 0 Å². The zero-order chi connectivity index (χ0) is 17.4. The molecule has 25 heavy (non-hydrogen) atoms. The Morgan fingerprint density at radius 3 is 3.08 bits per heavy atom. The highest BCUT2D eigenvalue weighted by Crippen LogP contribution is 2.40. The van der Waals surface area contributed by atoms with E-state index >= 15 is 0 Å². The van der Waals surface area contributed by atoms with E-state index in [2.05, 4.69) is 15.5 Å². The average molecular weight is 362 g/mol. The standard InChI is InChI=1S/C16H18N4O4S/c1-2-23-16(22)18-15-17-10-5-6-20(8-13(10)25-15)14(21)11-7-12(24-19-11)9-3-4-9/h7,9H,2-6,8H2,1H3,(H,17,18,22). The summed E-state index contributed by atoms with van der Waals surface area (Å²) in [5.74, 6) is 1.11. The molecule has 4 rings (SSSR count).